The van der Waals surface area contributed by atoms with E-state index in [2.05, 4.69) is 20.1 Å². The van der Waals surface area contributed by atoms with Crippen molar-refractivity contribution in [2.75, 3.05) is 18.2 Å². The number of methoxy groups -OCH3 is 1. The second-order valence-corrected chi connectivity index (χ2v) is 8.88. The van der Waals surface area contributed by atoms with Gasteiger partial charge in [-0.25, -0.2) is 0 Å². The SMILES string of the molecule is COc1ccc(-n2c(SCC(=O)Nc3ccccc3Cl)nnc2C2CCCCC2)cc1. The van der Waals surface area contributed by atoms with E-state index in [1.54, 1.807) is 19.2 Å². The van der Waals surface area contributed by atoms with Crippen LogP contribution in [0, 0.1) is 0 Å². The summed E-state index contributed by atoms with van der Waals surface area (Å²) in [6, 6.07) is 15.1. The Balaban J connectivity index is 1.55. The van der Waals surface area contributed by atoms with E-state index >= 15 is 0 Å². The molecular formula is C23H25ClN4O2S. The van der Waals surface area contributed by atoms with Crippen LogP contribution in [0.5, 0.6) is 5.75 Å². The third kappa shape index (κ3) is 5.22. The van der Waals surface area contributed by atoms with Gasteiger partial charge >= 0.3 is 0 Å². The first-order chi connectivity index (χ1) is 15.2. The number of amides is 1. The molecule has 0 bridgehead atoms. The zero-order chi connectivity index (χ0) is 21.6. The van der Waals surface area contributed by atoms with E-state index < -0.39 is 0 Å². The van der Waals surface area contributed by atoms with Gasteiger partial charge in [-0.15, -0.1) is 10.2 Å². The van der Waals surface area contributed by atoms with Crippen LogP contribution in [0.1, 0.15) is 43.8 Å². The zero-order valence-electron chi connectivity index (χ0n) is 17.4. The summed E-state index contributed by atoms with van der Waals surface area (Å²) in [4.78, 5) is 12.5. The minimum Gasteiger partial charge on any atom is -0.497 e. The largest absolute Gasteiger partial charge is 0.497 e. The summed E-state index contributed by atoms with van der Waals surface area (Å²) >= 11 is 7.52. The molecule has 1 aliphatic carbocycles. The zero-order valence-corrected chi connectivity index (χ0v) is 19.0. The molecule has 0 aliphatic heterocycles. The van der Waals surface area contributed by atoms with Crippen LogP contribution in [-0.4, -0.2) is 33.5 Å². The van der Waals surface area contributed by atoms with E-state index in [4.69, 9.17) is 16.3 Å². The molecule has 0 saturated heterocycles. The summed E-state index contributed by atoms with van der Waals surface area (Å²) in [7, 11) is 1.65. The molecule has 8 heteroatoms. The number of nitrogens with zero attached hydrogens (tertiary/aromatic N) is 3. The van der Waals surface area contributed by atoms with E-state index in [1.165, 1.54) is 31.0 Å². The Morgan fingerprint density at radius 3 is 2.58 bits per heavy atom. The normalized spacial score (nSPS) is 14.4. The number of ether oxygens (including phenoxy) is 1. The van der Waals surface area contributed by atoms with Crippen LogP contribution >= 0.6 is 23.4 Å². The predicted molar refractivity (Wildman–Crippen MR) is 125 cm³/mol. The van der Waals surface area contributed by atoms with Gasteiger partial charge in [0.15, 0.2) is 5.16 Å². The summed E-state index contributed by atoms with van der Waals surface area (Å²) in [5.74, 6) is 2.23. The first-order valence-corrected chi connectivity index (χ1v) is 11.8. The van der Waals surface area contributed by atoms with E-state index in [-0.39, 0.29) is 11.7 Å². The number of hydrogen-bond acceptors (Lipinski definition) is 5. The van der Waals surface area contributed by atoms with Crippen molar-refractivity contribution in [1.82, 2.24) is 14.8 Å². The van der Waals surface area contributed by atoms with Crippen molar-refractivity contribution in [3.63, 3.8) is 0 Å². The van der Waals surface area contributed by atoms with Crippen LogP contribution in [0.15, 0.2) is 53.7 Å². The van der Waals surface area contributed by atoms with Crippen molar-refractivity contribution >= 4 is 35.0 Å². The Bertz CT molecular complexity index is 1030. The van der Waals surface area contributed by atoms with Gasteiger partial charge in [0, 0.05) is 11.6 Å². The third-order valence-electron chi connectivity index (χ3n) is 5.44. The molecule has 1 fully saturated rings. The number of benzene rings is 2. The van der Waals surface area contributed by atoms with Gasteiger partial charge in [0.2, 0.25) is 5.91 Å². The molecule has 0 radical (unpaired) electrons. The molecule has 6 nitrogen and oxygen atoms in total. The van der Waals surface area contributed by atoms with E-state index in [9.17, 15) is 4.79 Å². The van der Waals surface area contributed by atoms with Gasteiger partial charge in [0.25, 0.3) is 0 Å². The van der Waals surface area contributed by atoms with Crippen molar-refractivity contribution in [3.05, 3.63) is 59.4 Å². The fourth-order valence-corrected chi connectivity index (χ4v) is 4.79. The maximum atomic E-state index is 12.5. The third-order valence-corrected chi connectivity index (χ3v) is 6.70. The van der Waals surface area contributed by atoms with Gasteiger partial charge in [-0.1, -0.05) is 54.8 Å². The molecule has 1 heterocycles. The maximum Gasteiger partial charge on any atom is 0.234 e. The summed E-state index contributed by atoms with van der Waals surface area (Å²) in [6.07, 6.45) is 5.93. The molecule has 2 aromatic carbocycles. The summed E-state index contributed by atoms with van der Waals surface area (Å²) in [6.45, 7) is 0. The molecular weight excluding hydrogens is 432 g/mol. The first-order valence-electron chi connectivity index (χ1n) is 10.4. The van der Waals surface area contributed by atoms with Crippen LogP contribution in [0.4, 0.5) is 5.69 Å². The first kappa shape index (κ1) is 21.7. The van der Waals surface area contributed by atoms with Gasteiger partial charge in [0.1, 0.15) is 11.6 Å². The number of rotatable bonds is 7. The molecule has 1 amide bonds. The number of thioether (sulfide) groups is 1. The molecule has 162 valence electrons. The standard InChI is InChI=1S/C23H25ClN4O2S/c1-30-18-13-11-17(12-14-18)28-22(16-7-3-2-4-8-16)26-27-23(28)31-15-21(29)25-20-10-6-5-9-19(20)24/h5-6,9-14,16H,2-4,7-8,15H2,1H3,(H,25,29). The fraction of sp³-hybridized carbons (Fsp3) is 0.348. The van der Waals surface area contributed by atoms with Crippen LogP contribution in [0.25, 0.3) is 5.69 Å². The minimum atomic E-state index is -0.137. The lowest BCUT2D eigenvalue weighted by Crippen LogP contribution is -2.15. The van der Waals surface area contributed by atoms with E-state index in [1.807, 2.05) is 36.4 Å². The van der Waals surface area contributed by atoms with Crippen LogP contribution in [-0.2, 0) is 4.79 Å². The van der Waals surface area contributed by atoms with Crippen molar-refractivity contribution in [2.45, 2.75) is 43.2 Å². The number of anilines is 1. The Morgan fingerprint density at radius 1 is 1.13 bits per heavy atom. The molecule has 0 atom stereocenters. The molecule has 1 aromatic heterocycles. The number of carbonyl (C=O) groups excluding carboxylic acids is 1. The van der Waals surface area contributed by atoms with Gasteiger partial charge in [0.05, 0.1) is 23.6 Å². The van der Waals surface area contributed by atoms with Crippen molar-refractivity contribution < 1.29 is 9.53 Å². The molecule has 1 aliphatic rings. The average Bonchev–Trinajstić information content (AvgIpc) is 3.24. The van der Waals surface area contributed by atoms with Gasteiger partial charge in [-0.2, -0.15) is 0 Å². The van der Waals surface area contributed by atoms with Crippen LogP contribution in [0.2, 0.25) is 5.02 Å². The minimum absolute atomic E-state index is 0.137. The second kappa shape index (κ2) is 10.2. The summed E-state index contributed by atoms with van der Waals surface area (Å²) < 4.78 is 7.39. The lowest BCUT2D eigenvalue weighted by Gasteiger charge is -2.22. The van der Waals surface area contributed by atoms with Gasteiger partial charge in [-0.3, -0.25) is 9.36 Å². The number of carbonyl (C=O) groups is 1. The Kier molecular flexibility index (Phi) is 7.14. The number of aromatic nitrogens is 3. The van der Waals surface area contributed by atoms with Crippen LogP contribution < -0.4 is 10.1 Å². The average molecular weight is 457 g/mol. The van der Waals surface area contributed by atoms with Crippen LogP contribution in [0.3, 0.4) is 0 Å². The molecule has 1 N–H and O–H groups in total. The Hall–Kier alpha value is -2.51. The molecule has 4 rings (SSSR count). The van der Waals surface area contributed by atoms with Crippen molar-refractivity contribution in [3.8, 4) is 11.4 Å². The number of para-hydroxylation sites is 1. The lowest BCUT2D eigenvalue weighted by molar-refractivity contribution is -0.113. The highest BCUT2D eigenvalue weighted by atomic mass is 35.5. The van der Waals surface area contributed by atoms with Gasteiger partial charge in [-0.05, 0) is 49.2 Å². The Labute approximate surface area is 191 Å². The highest BCUT2D eigenvalue weighted by molar-refractivity contribution is 7.99. The Morgan fingerprint density at radius 2 is 1.87 bits per heavy atom. The number of hydrogen-bond donors (Lipinski definition) is 1. The number of nitrogens with one attached hydrogen (secondary N) is 1. The van der Waals surface area contributed by atoms with Gasteiger partial charge < -0.3 is 10.1 Å². The fourth-order valence-electron chi connectivity index (χ4n) is 3.85. The molecule has 0 unspecified atom stereocenters. The molecule has 31 heavy (non-hydrogen) atoms. The smallest absolute Gasteiger partial charge is 0.234 e. The van der Waals surface area contributed by atoms with E-state index in [0.29, 0.717) is 21.8 Å². The molecule has 1 saturated carbocycles. The predicted octanol–water partition coefficient (Wildman–Crippen LogP) is 5.71. The molecule has 0 spiro atoms. The maximum absolute atomic E-state index is 12.5. The van der Waals surface area contributed by atoms with Crippen molar-refractivity contribution in [2.24, 2.45) is 0 Å². The summed E-state index contributed by atoms with van der Waals surface area (Å²) in [5, 5.41) is 13.1. The monoisotopic (exact) mass is 456 g/mol. The highest BCUT2D eigenvalue weighted by Gasteiger charge is 2.24. The number of halogens is 1. The highest BCUT2D eigenvalue weighted by Crippen LogP contribution is 2.35. The van der Waals surface area contributed by atoms with E-state index in [0.717, 1.165) is 30.1 Å². The second-order valence-electron chi connectivity index (χ2n) is 7.53. The van der Waals surface area contributed by atoms with Crippen molar-refractivity contribution in [1.29, 1.82) is 0 Å². The molecule has 3 aromatic rings. The quantitative estimate of drug-likeness (QED) is 0.461. The topological polar surface area (TPSA) is 69.0 Å². The lowest BCUT2D eigenvalue weighted by atomic mass is 9.88. The summed E-state index contributed by atoms with van der Waals surface area (Å²) in [5.41, 5.74) is 1.58.